The standard InChI is InChI=1S/C26H29N3O4/c1-17-15-19(21-7-5-6-10-23(21)27-17)16-33-20-13-11-18(12-14-20)25(30)28-24-9-4-2-3-8-22(24)26(31)29-32/h5-7,10-15,22,24,32H,2-4,8-9,16H2,1H3,(H,28,30)(H,29,31)/t22-,24+/m0/s1. The number of fused-ring (bicyclic) bond motifs is 1. The molecule has 0 spiro atoms. The molecule has 0 aliphatic heterocycles. The first-order chi connectivity index (χ1) is 16.0. The number of pyridine rings is 1. The third-order valence-corrected chi connectivity index (χ3v) is 6.22. The molecule has 1 aliphatic rings. The van der Waals surface area contributed by atoms with E-state index in [0.29, 0.717) is 30.8 Å². The monoisotopic (exact) mass is 447 g/mol. The first kappa shape index (κ1) is 22.7. The van der Waals surface area contributed by atoms with Gasteiger partial charge in [-0.3, -0.25) is 19.8 Å². The Hall–Kier alpha value is -3.45. The van der Waals surface area contributed by atoms with Gasteiger partial charge in [0.1, 0.15) is 12.4 Å². The molecule has 1 saturated carbocycles. The molecule has 7 heteroatoms. The number of ether oxygens (including phenoxy) is 1. The predicted molar refractivity (Wildman–Crippen MR) is 125 cm³/mol. The summed E-state index contributed by atoms with van der Waals surface area (Å²) in [6, 6.07) is 16.7. The zero-order valence-electron chi connectivity index (χ0n) is 18.7. The molecule has 1 aromatic heterocycles. The minimum atomic E-state index is -0.440. The van der Waals surface area contributed by atoms with E-state index in [2.05, 4.69) is 10.3 Å². The van der Waals surface area contributed by atoms with E-state index >= 15 is 0 Å². The molecule has 0 saturated heterocycles. The summed E-state index contributed by atoms with van der Waals surface area (Å²) in [6.45, 7) is 2.36. The number of hydrogen-bond donors (Lipinski definition) is 3. The number of para-hydroxylation sites is 1. The van der Waals surface area contributed by atoms with Crippen molar-refractivity contribution in [1.29, 1.82) is 0 Å². The molecule has 2 aromatic carbocycles. The van der Waals surface area contributed by atoms with Gasteiger partial charge >= 0.3 is 0 Å². The van der Waals surface area contributed by atoms with Crippen molar-refractivity contribution in [2.24, 2.45) is 5.92 Å². The van der Waals surface area contributed by atoms with Crippen molar-refractivity contribution in [3.63, 3.8) is 0 Å². The Morgan fingerprint density at radius 3 is 2.61 bits per heavy atom. The maximum atomic E-state index is 12.8. The fourth-order valence-corrected chi connectivity index (χ4v) is 4.51. The number of benzene rings is 2. The molecule has 2 atom stereocenters. The van der Waals surface area contributed by atoms with E-state index in [1.54, 1.807) is 29.7 Å². The third kappa shape index (κ3) is 5.49. The molecule has 4 rings (SSSR count). The molecular weight excluding hydrogens is 418 g/mol. The van der Waals surface area contributed by atoms with Crippen LogP contribution in [0, 0.1) is 12.8 Å². The van der Waals surface area contributed by atoms with Gasteiger partial charge in [0.2, 0.25) is 5.91 Å². The van der Waals surface area contributed by atoms with E-state index in [4.69, 9.17) is 9.94 Å². The van der Waals surface area contributed by atoms with Crippen molar-refractivity contribution < 1.29 is 19.5 Å². The lowest BCUT2D eigenvalue weighted by molar-refractivity contribution is -0.134. The molecule has 33 heavy (non-hydrogen) atoms. The average Bonchev–Trinajstić information content (AvgIpc) is 3.07. The summed E-state index contributed by atoms with van der Waals surface area (Å²) in [6.07, 6.45) is 4.22. The molecular formula is C26H29N3O4. The Labute approximate surface area is 193 Å². The summed E-state index contributed by atoms with van der Waals surface area (Å²) >= 11 is 0. The number of aryl methyl sites for hydroxylation is 1. The van der Waals surface area contributed by atoms with Gasteiger partial charge in [-0.05, 0) is 56.2 Å². The fraction of sp³-hybridized carbons (Fsp3) is 0.346. The van der Waals surface area contributed by atoms with Crippen LogP contribution >= 0.6 is 0 Å². The number of carbonyl (C=O) groups excluding carboxylic acids is 2. The molecule has 172 valence electrons. The van der Waals surface area contributed by atoms with E-state index in [9.17, 15) is 9.59 Å². The highest BCUT2D eigenvalue weighted by Crippen LogP contribution is 2.25. The van der Waals surface area contributed by atoms with Crippen LogP contribution in [0.1, 0.15) is 53.7 Å². The van der Waals surface area contributed by atoms with Gasteiger partial charge in [0.25, 0.3) is 5.91 Å². The molecule has 3 N–H and O–H groups in total. The predicted octanol–water partition coefficient (Wildman–Crippen LogP) is 4.31. The van der Waals surface area contributed by atoms with Gasteiger partial charge in [0, 0.05) is 28.2 Å². The fourth-order valence-electron chi connectivity index (χ4n) is 4.51. The first-order valence-corrected chi connectivity index (χ1v) is 11.4. The van der Waals surface area contributed by atoms with Gasteiger partial charge < -0.3 is 10.1 Å². The van der Waals surface area contributed by atoms with Crippen LogP contribution in [0.2, 0.25) is 0 Å². The Balaban J connectivity index is 1.41. The van der Waals surface area contributed by atoms with Crippen molar-refractivity contribution in [3.8, 4) is 5.75 Å². The highest BCUT2D eigenvalue weighted by Gasteiger charge is 2.30. The Kier molecular flexibility index (Phi) is 7.19. The van der Waals surface area contributed by atoms with Gasteiger partial charge in [-0.15, -0.1) is 0 Å². The maximum absolute atomic E-state index is 12.8. The summed E-state index contributed by atoms with van der Waals surface area (Å²) in [4.78, 5) is 29.4. The van der Waals surface area contributed by atoms with Crippen LogP contribution in [0.25, 0.3) is 10.9 Å². The third-order valence-electron chi connectivity index (χ3n) is 6.22. The number of hydroxylamine groups is 1. The van der Waals surface area contributed by atoms with E-state index in [0.717, 1.165) is 41.4 Å². The summed E-state index contributed by atoms with van der Waals surface area (Å²) in [5.74, 6) is -0.440. The topological polar surface area (TPSA) is 101 Å². The van der Waals surface area contributed by atoms with Crippen LogP contribution in [-0.4, -0.2) is 28.0 Å². The van der Waals surface area contributed by atoms with Gasteiger partial charge in [0.05, 0.1) is 11.4 Å². The van der Waals surface area contributed by atoms with Crippen LogP contribution in [-0.2, 0) is 11.4 Å². The molecule has 7 nitrogen and oxygen atoms in total. The number of rotatable bonds is 6. The van der Waals surface area contributed by atoms with E-state index in [1.165, 1.54) is 0 Å². The van der Waals surface area contributed by atoms with Gasteiger partial charge in [-0.25, -0.2) is 5.48 Å². The summed E-state index contributed by atoms with van der Waals surface area (Å²) in [7, 11) is 0. The minimum Gasteiger partial charge on any atom is -0.489 e. The Bertz CT molecular complexity index is 1130. The zero-order valence-corrected chi connectivity index (χ0v) is 18.7. The largest absolute Gasteiger partial charge is 0.489 e. The second-order valence-electron chi connectivity index (χ2n) is 8.55. The summed E-state index contributed by atoms with van der Waals surface area (Å²) in [5, 5.41) is 13.1. The van der Waals surface area contributed by atoms with E-state index < -0.39 is 11.8 Å². The lowest BCUT2D eigenvalue weighted by atomic mass is 9.93. The number of hydrogen-bond acceptors (Lipinski definition) is 5. The van der Waals surface area contributed by atoms with Gasteiger partial charge in [-0.2, -0.15) is 0 Å². The van der Waals surface area contributed by atoms with Crippen molar-refractivity contribution in [1.82, 2.24) is 15.8 Å². The molecule has 1 heterocycles. The second kappa shape index (κ2) is 10.4. The van der Waals surface area contributed by atoms with Gasteiger partial charge in [0.15, 0.2) is 0 Å². The zero-order chi connectivity index (χ0) is 23.2. The Morgan fingerprint density at radius 1 is 1.06 bits per heavy atom. The molecule has 1 aliphatic carbocycles. The smallest absolute Gasteiger partial charge is 0.251 e. The quantitative estimate of drug-likeness (QED) is 0.297. The molecule has 0 bridgehead atoms. The molecule has 3 aromatic rings. The van der Waals surface area contributed by atoms with Crippen molar-refractivity contribution in [2.75, 3.05) is 0 Å². The molecule has 0 radical (unpaired) electrons. The maximum Gasteiger partial charge on any atom is 0.251 e. The Morgan fingerprint density at radius 2 is 1.82 bits per heavy atom. The van der Waals surface area contributed by atoms with Crippen molar-refractivity contribution in [2.45, 2.75) is 51.7 Å². The lowest BCUT2D eigenvalue weighted by Gasteiger charge is -2.24. The number of aromatic nitrogens is 1. The molecule has 1 fully saturated rings. The first-order valence-electron chi connectivity index (χ1n) is 11.4. The number of amides is 2. The van der Waals surface area contributed by atoms with Crippen LogP contribution in [0.3, 0.4) is 0 Å². The highest BCUT2D eigenvalue weighted by molar-refractivity contribution is 5.95. The normalized spacial score (nSPS) is 18.4. The lowest BCUT2D eigenvalue weighted by Crippen LogP contribution is -2.45. The number of nitrogens with one attached hydrogen (secondary N) is 2. The molecule has 0 unspecified atom stereocenters. The van der Waals surface area contributed by atoms with Crippen LogP contribution in [0.15, 0.2) is 54.6 Å². The summed E-state index contributed by atoms with van der Waals surface area (Å²) < 4.78 is 5.98. The average molecular weight is 448 g/mol. The van der Waals surface area contributed by atoms with E-state index in [1.807, 2.05) is 37.3 Å². The minimum absolute atomic E-state index is 0.236. The van der Waals surface area contributed by atoms with E-state index in [-0.39, 0.29) is 11.9 Å². The summed E-state index contributed by atoms with van der Waals surface area (Å²) in [5.41, 5.74) is 5.18. The molecule has 2 amide bonds. The SMILES string of the molecule is Cc1cc(COc2ccc(C(=O)N[C@@H]3CCCCC[C@@H]3C(=O)NO)cc2)c2ccccc2n1. The van der Waals surface area contributed by atoms with Crippen molar-refractivity contribution >= 4 is 22.7 Å². The van der Waals surface area contributed by atoms with Gasteiger partial charge in [-0.1, -0.05) is 37.5 Å². The van der Waals surface area contributed by atoms with Crippen molar-refractivity contribution in [3.05, 3.63) is 71.4 Å². The number of nitrogens with zero attached hydrogens (tertiary/aromatic N) is 1. The highest BCUT2D eigenvalue weighted by atomic mass is 16.5. The second-order valence-corrected chi connectivity index (χ2v) is 8.55. The number of carbonyl (C=O) groups is 2. The van der Waals surface area contributed by atoms with Crippen LogP contribution in [0.5, 0.6) is 5.75 Å². The van der Waals surface area contributed by atoms with Crippen LogP contribution < -0.4 is 15.5 Å². The van der Waals surface area contributed by atoms with Crippen LogP contribution in [0.4, 0.5) is 0 Å².